The van der Waals surface area contributed by atoms with Gasteiger partial charge in [-0.25, -0.2) is 0 Å². The Balaban J connectivity index is 1.78. The van der Waals surface area contributed by atoms with Gasteiger partial charge in [0, 0.05) is 17.1 Å². The minimum absolute atomic E-state index is 0.0792. The molecule has 3 N–H and O–H groups in total. The second kappa shape index (κ2) is 9.65. The molecule has 0 aliphatic carbocycles. The molecule has 0 aromatic heterocycles. The Morgan fingerprint density at radius 3 is 2.32 bits per heavy atom. The number of rotatable bonds is 5. The molecule has 0 spiro atoms. The highest BCUT2D eigenvalue weighted by atomic mass is 35.6. The summed E-state index contributed by atoms with van der Waals surface area (Å²) in [6.45, 7) is 0. The van der Waals surface area contributed by atoms with Crippen LogP contribution in [0, 0.1) is 10.1 Å². The van der Waals surface area contributed by atoms with Gasteiger partial charge >= 0.3 is 0 Å². The highest BCUT2D eigenvalue weighted by Gasteiger charge is 2.36. The molecule has 0 saturated carbocycles. The molecule has 0 unspecified atom stereocenters. The third-order valence-electron chi connectivity index (χ3n) is 4.26. The summed E-state index contributed by atoms with van der Waals surface area (Å²) in [4.78, 5) is 23.2. The molecular formula is C20H15Cl3N4O3S. The Labute approximate surface area is 197 Å². The van der Waals surface area contributed by atoms with Crippen molar-refractivity contribution >= 4 is 80.2 Å². The number of nitro groups is 1. The van der Waals surface area contributed by atoms with E-state index in [2.05, 4.69) is 16.0 Å². The monoisotopic (exact) mass is 496 g/mol. The highest BCUT2D eigenvalue weighted by Crippen LogP contribution is 2.30. The summed E-state index contributed by atoms with van der Waals surface area (Å²) in [7, 11) is 0. The predicted molar refractivity (Wildman–Crippen MR) is 128 cm³/mol. The average Bonchev–Trinajstić information content (AvgIpc) is 2.72. The van der Waals surface area contributed by atoms with Crippen molar-refractivity contribution < 1.29 is 9.72 Å². The number of carbonyl (C=O) groups is 1. The molecule has 0 saturated heterocycles. The van der Waals surface area contributed by atoms with Gasteiger partial charge in [-0.05, 0) is 29.7 Å². The van der Waals surface area contributed by atoms with Crippen molar-refractivity contribution in [3.8, 4) is 0 Å². The average molecular weight is 498 g/mol. The molecule has 31 heavy (non-hydrogen) atoms. The molecule has 0 aliphatic rings. The molecule has 160 valence electrons. The number of para-hydroxylation sites is 1. The Morgan fingerprint density at radius 2 is 1.61 bits per heavy atom. The molecule has 0 fully saturated rings. The van der Waals surface area contributed by atoms with E-state index in [1.807, 2.05) is 42.5 Å². The number of fused-ring (bicyclic) bond motifs is 1. The zero-order valence-electron chi connectivity index (χ0n) is 15.6. The Morgan fingerprint density at radius 1 is 0.968 bits per heavy atom. The fourth-order valence-corrected chi connectivity index (χ4v) is 3.41. The number of nitrogens with zero attached hydrogens (tertiary/aromatic N) is 1. The van der Waals surface area contributed by atoms with Crippen LogP contribution in [0.5, 0.6) is 0 Å². The van der Waals surface area contributed by atoms with E-state index in [0.29, 0.717) is 5.69 Å². The van der Waals surface area contributed by atoms with Crippen molar-refractivity contribution in [2.75, 3.05) is 5.32 Å². The number of amides is 1. The lowest BCUT2D eigenvalue weighted by Crippen LogP contribution is -2.56. The lowest BCUT2D eigenvalue weighted by molar-refractivity contribution is -0.385. The van der Waals surface area contributed by atoms with Crippen LogP contribution in [0.3, 0.4) is 0 Å². The minimum atomic E-state index is -2.01. The van der Waals surface area contributed by atoms with Crippen LogP contribution in [0.2, 0.25) is 0 Å². The number of hydrogen-bond donors (Lipinski definition) is 3. The van der Waals surface area contributed by atoms with Crippen molar-refractivity contribution in [2.45, 2.75) is 9.96 Å². The van der Waals surface area contributed by atoms with Gasteiger partial charge in [-0.1, -0.05) is 83.3 Å². The topological polar surface area (TPSA) is 96.3 Å². The van der Waals surface area contributed by atoms with Gasteiger partial charge in [0.15, 0.2) is 5.11 Å². The number of nitrogens with one attached hydrogen (secondary N) is 3. The normalized spacial score (nSPS) is 12.1. The van der Waals surface area contributed by atoms with Gasteiger partial charge < -0.3 is 16.0 Å². The molecule has 1 atom stereocenters. The van der Waals surface area contributed by atoms with E-state index in [0.717, 1.165) is 10.8 Å². The second-order valence-corrected chi connectivity index (χ2v) is 9.12. The summed E-state index contributed by atoms with van der Waals surface area (Å²) in [5.74, 6) is -0.802. The van der Waals surface area contributed by atoms with Gasteiger partial charge in [0.05, 0.1) is 4.92 Å². The SMILES string of the molecule is O=C(N[C@@H](NC(=S)Nc1cccc2ccccc12)C(Cl)(Cl)Cl)c1ccccc1[N+](=O)[O-]. The lowest BCUT2D eigenvalue weighted by atomic mass is 10.1. The standard InChI is InChI=1S/C20H15Cl3N4O3S/c21-20(22,23)18(25-17(28)14-9-3-4-11-16(14)27(29)30)26-19(31)24-15-10-5-7-12-6-1-2-8-13(12)15/h1-11,18H,(H,25,28)(H2,24,26,31)/t18-/m0/s1. The molecule has 0 aliphatic heterocycles. The van der Waals surface area contributed by atoms with E-state index in [1.165, 1.54) is 24.3 Å². The summed E-state index contributed by atoms with van der Waals surface area (Å²) in [5.41, 5.74) is 0.157. The fourth-order valence-electron chi connectivity index (χ4n) is 2.86. The smallest absolute Gasteiger partial charge is 0.282 e. The Bertz CT molecular complexity index is 1150. The zero-order chi connectivity index (χ0) is 22.6. The van der Waals surface area contributed by atoms with E-state index in [4.69, 9.17) is 47.0 Å². The first kappa shape index (κ1) is 23.0. The van der Waals surface area contributed by atoms with Crippen LogP contribution in [0.25, 0.3) is 10.8 Å². The first-order valence-electron chi connectivity index (χ1n) is 8.83. The number of anilines is 1. The number of thiocarbonyl (C=S) groups is 1. The highest BCUT2D eigenvalue weighted by molar-refractivity contribution is 7.80. The van der Waals surface area contributed by atoms with Crippen molar-refractivity contribution in [1.82, 2.24) is 10.6 Å². The number of nitro benzene ring substituents is 1. The molecule has 1 amide bonds. The largest absolute Gasteiger partial charge is 0.339 e. The maximum absolute atomic E-state index is 12.6. The van der Waals surface area contributed by atoms with Gasteiger partial charge in [0.2, 0.25) is 3.79 Å². The molecular weight excluding hydrogens is 483 g/mol. The summed E-state index contributed by atoms with van der Waals surface area (Å²) < 4.78 is -2.01. The number of carbonyl (C=O) groups excluding carboxylic acids is 1. The van der Waals surface area contributed by atoms with Crippen LogP contribution >= 0.6 is 47.0 Å². The molecule has 11 heteroatoms. The Hall–Kier alpha value is -2.65. The molecule has 3 rings (SSSR count). The van der Waals surface area contributed by atoms with Crippen molar-refractivity contribution in [1.29, 1.82) is 0 Å². The van der Waals surface area contributed by atoms with Crippen LogP contribution in [-0.4, -0.2) is 25.9 Å². The number of hydrogen-bond acceptors (Lipinski definition) is 4. The van der Waals surface area contributed by atoms with Crippen molar-refractivity contribution in [3.63, 3.8) is 0 Å². The van der Waals surface area contributed by atoms with E-state index in [9.17, 15) is 14.9 Å². The molecule has 0 radical (unpaired) electrons. The lowest BCUT2D eigenvalue weighted by Gasteiger charge is -2.28. The van der Waals surface area contributed by atoms with Gasteiger partial charge in [-0.15, -0.1) is 0 Å². The molecule has 0 heterocycles. The quantitative estimate of drug-likeness (QED) is 0.148. The molecule has 0 bridgehead atoms. The number of halogens is 3. The summed E-state index contributed by atoms with van der Waals surface area (Å²) in [6, 6.07) is 18.8. The first-order valence-corrected chi connectivity index (χ1v) is 10.4. The molecule has 3 aromatic rings. The van der Waals surface area contributed by atoms with E-state index >= 15 is 0 Å². The van der Waals surface area contributed by atoms with Crippen LogP contribution < -0.4 is 16.0 Å². The van der Waals surface area contributed by atoms with Crippen LogP contribution in [0.15, 0.2) is 66.7 Å². The summed E-state index contributed by atoms with van der Waals surface area (Å²) >= 11 is 23.3. The number of benzene rings is 3. The van der Waals surface area contributed by atoms with Gasteiger partial charge in [0.25, 0.3) is 11.6 Å². The maximum atomic E-state index is 12.6. The third-order valence-corrected chi connectivity index (χ3v) is 5.14. The van der Waals surface area contributed by atoms with Crippen LogP contribution in [0.4, 0.5) is 11.4 Å². The van der Waals surface area contributed by atoms with E-state index < -0.39 is 20.8 Å². The zero-order valence-corrected chi connectivity index (χ0v) is 18.7. The van der Waals surface area contributed by atoms with Crippen LogP contribution in [0.1, 0.15) is 10.4 Å². The fraction of sp³-hybridized carbons (Fsp3) is 0.100. The van der Waals surface area contributed by atoms with Gasteiger partial charge in [-0.3, -0.25) is 14.9 Å². The minimum Gasteiger partial charge on any atom is -0.339 e. The third kappa shape index (κ3) is 5.74. The Kier molecular flexibility index (Phi) is 7.17. The predicted octanol–water partition coefficient (Wildman–Crippen LogP) is 5.16. The van der Waals surface area contributed by atoms with Gasteiger partial charge in [0.1, 0.15) is 11.7 Å². The molecule has 3 aromatic carbocycles. The summed E-state index contributed by atoms with van der Waals surface area (Å²) in [5, 5.41) is 21.4. The van der Waals surface area contributed by atoms with Crippen molar-refractivity contribution in [2.24, 2.45) is 0 Å². The maximum Gasteiger partial charge on any atom is 0.282 e. The second-order valence-electron chi connectivity index (χ2n) is 6.35. The van der Waals surface area contributed by atoms with Crippen molar-refractivity contribution in [3.05, 3.63) is 82.4 Å². The van der Waals surface area contributed by atoms with Gasteiger partial charge in [-0.2, -0.15) is 0 Å². The first-order chi connectivity index (χ1) is 14.7. The van der Waals surface area contributed by atoms with E-state index in [1.54, 1.807) is 0 Å². The molecule has 7 nitrogen and oxygen atoms in total. The van der Waals surface area contributed by atoms with E-state index in [-0.39, 0.29) is 16.4 Å². The number of alkyl halides is 3. The summed E-state index contributed by atoms with van der Waals surface area (Å²) in [6.07, 6.45) is -1.28. The van der Waals surface area contributed by atoms with Crippen LogP contribution in [-0.2, 0) is 0 Å².